The molecule has 0 N–H and O–H groups in total. The zero-order valence-electron chi connectivity index (χ0n) is 39.8. The molecule has 0 aromatic heterocycles. The molecular formula is C67H56N2. The van der Waals surface area contributed by atoms with Gasteiger partial charge in [-0.1, -0.05) is 234 Å². The van der Waals surface area contributed by atoms with Gasteiger partial charge in [0, 0.05) is 44.8 Å². The average molecular weight is 889 g/mol. The third-order valence-corrected chi connectivity index (χ3v) is 14.7. The van der Waals surface area contributed by atoms with E-state index in [4.69, 9.17) is 0 Å². The fourth-order valence-corrected chi connectivity index (χ4v) is 11.0. The maximum Gasteiger partial charge on any atom is 0.0715 e. The number of fused-ring (bicyclic) bond motifs is 3. The zero-order valence-corrected chi connectivity index (χ0v) is 39.8. The van der Waals surface area contributed by atoms with Crippen molar-refractivity contribution in [1.29, 1.82) is 0 Å². The van der Waals surface area contributed by atoms with E-state index in [-0.39, 0.29) is 10.8 Å². The van der Waals surface area contributed by atoms with Gasteiger partial charge in [-0.2, -0.15) is 0 Å². The number of para-hydroxylation sites is 2. The molecule has 334 valence electrons. The highest BCUT2D eigenvalue weighted by atomic mass is 15.2. The highest BCUT2D eigenvalue weighted by molar-refractivity contribution is 6.00. The van der Waals surface area contributed by atoms with Crippen molar-refractivity contribution in [2.24, 2.45) is 0 Å². The van der Waals surface area contributed by atoms with Gasteiger partial charge in [0.25, 0.3) is 0 Å². The second-order valence-corrected chi connectivity index (χ2v) is 19.3. The molecule has 0 heterocycles. The molecule has 2 heteroatoms. The first-order chi connectivity index (χ1) is 33.8. The first kappa shape index (κ1) is 43.4. The summed E-state index contributed by atoms with van der Waals surface area (Å²) in [6.45, 7) is 9.27. The van der Waals surface area contributed by atoms with Crippen molar-refractivity contribution in [2.45, 2.75) is 43.9 Å². The van der Waals surface area contributed by atoms with Crippen LogP contribution in [0, 0.1) is 0 Å². The molecule has 0 fully saturated rings. The molecule has 0 amide bonds. The molecule has 1 aliphatic carbocycles. The normalized spacial score (nSPS) is 12.8. The van der Waals surface area contributed by atoms with E-state index in [2.05, 4.69) is 304 Å². The third kappa shape index (κ3) is 7.54. The fraction of sp³-hybridized carbons (Fsp3) is 0.104. The van der Waals surface area contributed by atoms with Crippen LogP contribution in [0.5, 0.6) is 0 Å². The number of rotatable bonds is 12. The van der Waals surface area contributed by atoms with Crippen LogP contribution in [0.3, 0.4) is 0 Å². The Balaban J connectivity index is 1.21. The van der Waals surface area contributed by atoms with Gasteiger partial charge in [-0.3, -0.25) is 0 Å². The lowest BCUT2D eigenvalue weighted by atomic mass is 9.67. The average Bonchev–Trinajstić information content (AvgIpc) is 3.72. The van der Waals surface area contributed by atoms with Crippen LogP contribution in [-0.4, -0.2) is 0 Å². The van der Waals surface area contributed by atoms with E-state index in [0.717, 1.165) is 34.1 Å². The van der Waals surface area contributed by atoms with Crippen LogP contribution in [0.1, 0.15) is 72.2 Å². The van der Waals surface area contributed by atoms with Crippen molar-refractivity contribution in [3.05, 3.63) is 311 Å². The summed E-state index contributed by atoms with van der Waals surface area (Å²) in [7, 11) is 0. The Bertz CT molecular complexity index is 3290. The lowest BCUT2D eigenvalue weighted by molar-refractivity contribution is 0.641. The molecule has 0 spiro atoms. The van der Waals surface area contributed by atoms with E-state index >= 15 is 0 Å². The molecule has 1 aliphatic rings. The van der Waals surface area contributed by atoms with E-state index in [0.29, 0.717) is 0 Å². The molecule has 0 saturated carbocycles. The lowest BCUT2D eigenvalue weighted by Gasteiger charge is -2.36. The van der Waals surface area contributed by atoms with E-state index in [1.807, 2.05) is 0 Å². The number of benzene rings is 10. The number of hydrogen-bond acceptors (Lipinski definition) is 2. The Morgan fingerprint density at radius 3 is 1.10 bits per heavy atom. The summed E-state index contributed by atoms with van der Waals surface area (Å²) in [5, 5.41) is 0. The Morgan fingerprint density at radius 1 is 0.290 bits per heavy atom. The van der Waals surface area contributed by atoms with Crippen LogP contribution in [-0.2, 0) is 16.2 Å². The predicted octanol–water partition coefficient (Wildman–Crippen LogP) is 17.6. The summed E-state index contributed by atoms with van der Waals surface area (Å²) in [4.78, 5) is 4.93. The second kappa shape index (κ2) is 17.8. The quantitative estimate of drug-likeness (QED) is 0.121. The molecule has 2 nitrogen and oxygen atoms in total. The molecule has 0 aliphatic heterocycles. The van der Waals surface area contributed by atoms with Gasteiger partial charge >= 0.3 is 0 Å². The van der Waals surface area contributed by atoms with Gasteiger partial charge in [0.05, 0.1) is 11.1 Å². The molecule has 0 unspecified atom stereocenters. The molecule has 10 aromatic carbocycles. The van der Waals surface area contributed by atoms with Gasteiger partial charge in [-0.05, 0) is 111 Å². The van der Waals surface area contributed by atoms with E-state index in [1.54, 1.807) is 0 Å². The van der Waals surface area contributed by atoms with Crippen molar-refractivity contribution in [3.63, 3.8) is 0 Å². The fourth-order valence-electron chi connectivity index (χ4n) is 11.0. The molecule has 0 bridgehead atoms. The molecule has 11 rings (SSSR count). The first-order valence-corrected chi connectivity index (χ1v) is 24.2. The standard InChI is InChI=1S/C67H56N2/c1-65(2,49-25-11-5-12-26-49)51-39-43-57(44-40-51)68(55-33-19-9-20-34-55)59-47-62-64(60-37-23-24-38-61(60)67(62,53-29-15-7-16-30-53)54-31-17-8-18-32-54)63(48-59)69(56-35-21-10-22-36-56)58-45-41-52(42-46-58)66(3,4)50-27-13-6-14-28-50/h5-48H,1-4H3. The van der Waals surface area contributed by atoms with Crippen molar-refractivity contribution in [2.75, 3.05) is 9.80 Å². The van der Waals surface area contributed by atoms with Gasteiger partial charge in [0.2, 0.25) is 0 Å². The largest absolute Gasteiger partial charge is 0.310 e. The van der Waals surface area contributed by atoms with Gasteiger partial charge in [-0.15, -0.1) is 0 Å². The molecule has 0 radical (unpaired) electrons. The summed E-state index contributed by atoms with van der Waals surface area (Å²) in [5.74, 6) is 0. The van der Waals surface area contributed by atoms with Gasteiger partial charge in [-0.25, -0.2) is 0 Å². The maximum atomic E-state index is 2.49. The minimum atomic E-state index is -0.642. The monoisotopic (exact) mass is 888 g/mol. The number of anilines is 6. The van der Waals surface area contributed by atoms with Crippen LogP contribution in [0.2, 0.25) is 0 Å². The van der Waals surface area contributed by atoms with Gasteiger partial charge in [0.15, 0.2) is 0 Å². The van der Waals surface area contributed by atoms with E-state index < -0.39 is 5.41 Å². The third-order valence-electron chi connectivity index (χ3n) is 14.7. The molecule has 10 aromatic rings. The Hall–Kier alpha value is -8.20. The first-order valence-electron chi connectivity index (χ1n) is 24.2. The second-order valence-electron chi connectivity index (χ2n) is 19.3. The lowest BCUT2D eigenvalue weighted by Crippen LogP contribution is -2.29. The zero-order chi connectivity index (χ0) is 47.0. The minimum Gasteiger partial charge on any atom is -0.310 e. The maximum absolute atomic E-state index is 2.49. The molecule has 0 saturated heterocycles. The number of nitrogens with zero attached hydrogens (tertiary/aromatic N) is 2. The number of hydrogen-bond donors (Lipinski definition) is 0. The van der Waals surface area contributed by atoms with Crippen LogP contribution in [0.25, 0.3) is 11.1 Å². The van der Waals surface area contributed by atoms with Crippen molar-refractivity contribution in [3.8, 4) is 11.1 Å². The summed E-state index contributed by atoms with van der Waals surface area (Å²) < 4.78 is 0. The highest BCUT2D eigenvalue weighted by Crippen LogP contribution is 2.61. The predicted molar refractivity (Wildman–Crippen MR) is 290 cm³/mol. The topological polar surface area (TPSA) is 6.48 Å². The van der Waals surface area contributed by atoms with Crippen molar-refractivity contribution in [1.82, 2.24) is 0 Å². The Kier molecular flexibility index (Phi) is 11.2. The highest BCUT2D eigenvalue weighted by Gasteiger charge is 2.48. The van der Waals surface area contributed by atoms with Crippen molar-refractivity contribution >= 4 is 34.1 Å². The van der Waals surface area contributed by atoms with E-state index in [9.17, 15) is 0 Å². The minimum absolute atomic E-state index is 0.184. The smallest absolute Gasteiger partial charge is 0.0715 e. The Morgan fingerprint density at radius 2 is 0.638 bits per heavy atom. The van der Waals surface area contributed by atoms with Crippen LogP contribution >= 0.6 is 0 Å². The molecular weight excluding hydrogens is 833 g/mol. The van der Waals surface area contributed by atoms with Crippen LogP contribution < -0.4 is 9.80 Å². The summed E-state index contributed by atoms with van der Waals surface area (Å²) in [6.07, 6.45) is 0. The molecule has 69 heavy (non-hydrogen) atoms. The van der Waals surface area contributed by atoms with Crippen LogP contribution in [0.15, 0.2) is 267 Å². The summed E-state index contributed by atoms with van der Waals surface area (Å²) in [5.41, 5.74) is 18.0. The van der Waals surface area contributed by atoms with E-state index in [1.165, 1.54) is 55.6 Å². The summed E-state index contributed by atoms with van der Waals surface area (Å²) in [6, 6.07) is 98.2. The van der Waals surface area contributed by atoms with Crippen molar-refractivity contribution < 1.29 is 0 Å². The summed E-state index contributed by atoms with van der Waals surface area (Å²) >= 11 is 0. The van der Waals surface area contributed by atoms with Gasteiger partial charge < -0.3 is 9.80 Å². The van der Waals surface area contributed by atoms with Gasteiger partial charge in [0.1, 0.15) is 0 Å². The SMILES string of the molecule is CC(C)(c1ccccc1)c1ccc(N(c2ccccc2)c2cc(N(c3ccccc3)c3ccc(C(C)(C)c4ccccc4)cc3)c3c(c2)C(c2ccccc2)(c2ccccc2)c2ccccc2-3)cc1. The Labute approximate surface area is 408 Å². The van der Waals surface area contributed by atoms with Crippen LogP contribution in [0.4, 0.5) is 34.1 Å². The molecule has 0 atom stereocenters.